The van der Waals surface area contributed by atoms with Gasteiger partial charge in [0.1, 0.15) is 11.4 Å². The summed E-state index contributed by atoms with van der Waals surface area (Å²) in [5.41, 5.74) is 4.49. The number of methoxy groups -OCH3 is 1. The van der Waals surface area contributed by atoms with E-state index in [9.17, 15) is 8.42 Å². The van der Waals surface area contributed by atoms with E-state index in [1.54, 1.807) is 18.2 Å². The predicted molar refractivity (Wildman–Crippen MR) is 115 cm³/mol. The molecule has 0 saturated heterocycles. The van der Waals surface area contributed by atoms with Gasteiger partial charge >= 0.3 is 0 Å². The predicted octanol–water partition coefficient (Wildman–Crippen LogP) is 4.26. The molecule has 2 aromatic heterocycles. The van der Waals surface area contributed by atoms with Gasteiger partial charge in [-0.15, -0.1) is 0 Å². The number of hydrogen-bond acceptors (Lipinski definition) is 4. The zero-order chi connectivity index (χ0) is 20.4. The molecular weight excluding hydrogens is 386 g/mol. The number of aryl methyl sites for hydroxylation is 1. The Kier molecular flexibility index (Phi) is 4.98. The lowest BCUT2D eigenvalue weighted by atomic mass is 10.1. The topological polar surface area (TPSA) is 72.7 Å². The monoisotopic (exact) mass is 407 g/mol. The molecule has 4 rings (SSSR count). The van der Waals surface area contributed by atoms with E-state index in [0.29, 0.717) is 11.4 Å². The zero-order valence-corrected chi connectivity index (χ0v) is 17.0. The first kappa shape index (κ1) is 19.0. The van der Waals surface area contributed by atoms with Crippen LogP contribution in [0.3, 0.4) is 0 Å². The fourth-order valence-electron chi connectivity index (χ4n) is 3.25. The van der Waals surface area contributed by atoms with Crippen LogP contribution in [0.2, 0.25) is 0 Å². The number of benzene rings is 2. The average Bonchev–Trinajstić information content (AvgIpc) is 3.11. The van der Waals surface area contributed by atoms with Crippen molar-refractivity contribution in [2.45, 2.75) is 12.7 Å². The second-order valence-corrected chi connectivity index (χ2v) is 8.58. The highest BCUT2D eigenvalue weighted by Crippen LogP contribution is 2.31. The van der Waals surface area contributed by atoms with Crippen LogP contribution in [0.15, 0.2) is 73.1 Å². The number of nitrogens with one attached hydrogen (secondary N) is 1. The van der Waals surface area contributed by atoms with Crippen molar-refractivity contribution < 1.29 is 13.2 Å². The van der Waals surface area contributed by atoms with Gasteiger partial charge in [-0.3, -0.25) is 4.72 Å². The highest BCUT2D eigenvalue weighted by atomic mass is 32.2. The van der Waals surface area contributed by atoms with E-state index in [4.69, 9.17) is 4.74 Å². The smallest absolute Gasteiger partial charge is 0.237 e. The number of rotatable bonds is 6. The molecule has 0 aliphatic heterocycles. The second kappa shape index (κ2) is 7.60. The molecule has 7 heteroatoms. The van der Waals surface area contributed by atoms with Crippen molar-refractivity contribution in [2.75, 3.05) is 11.8 Å². The van der Waals surface area contributed by atoms with Gasteiger partial charge in [-0.05, 0) is 42.8 Å². The summed E-state index contributed by atoms with van der Waals surface area (Å²) < 4.78 is 35.4. The average molecular weight is 407 g/mol. The SMILES string of the molecule is COc1ccc(-c2cn3ccccc3n2)cc1NS(=O)(=O)Cc1cccc(C)c1. The lowest BCUT2D eigenvalue weighted by molar-refractivity contribution is 0.417. The number of anilines is 1. The van der Waals surface area contributed by atoms with E-state index in [1.807, 2.05) is 66.2 Å². The maximum atomic E-state index is 12.8. The zero-order valence-electron chi connectivity index (χ0n) is 16.2. The van der Waals surface area contributed by atoms with Crippen LogP contribution in [-0.2, 0) is 15.8 Å². The highest BCUT2D eigenvalue weighted by Gasteiger charge is 2.16. The Morgan fingerprint density at radius 3 is 2.69 bits per heavy atom. The molecule has 148 valence electrons. The van der Waals surface area contributed by atoms with Gasteiger partial charge in [-0.2, -0.15) is 0 Å². The summed E-state index contributed by atoms with van der Waals surface area (Å²) in [5.74, 6) is 0.335. The maximum Gasteiger partial charge on any atom is 0.237 e. The van der Waals surface area contributed by atoms with Gasteiger partial charge in [-0.25, -0.2) is 13.4 Å². The molecule has 0 unspecified atom stereocenters. The third-order valence-electron chi connectivity index (χ3n) is 4.56. The third kappa shape index (κ3) is 4.25. The molecule has 4 aromatic rings. The van der Waals surface area contributed by atoms with Crippen LogP contribution in [-0.4, -0.2) is 24.9 Å². The Bertz CT molecular complexity index is 1250. The fourth-order valence-corrected chi connectivity index (χ4v) is 4.43. The number of pyridine rings is 1. The lowest BCUT2D eigenvalue weighted by Gasteiger charge is -2.13. The first-order valence-corrected chi connectivity index (χ1v) is 10.8. The maximum absolute atomic E-state index is 12.8. The van der Waals surface area contributed by atoms with Crippen molar-refractivity contribution in [3.05, 3.63) is 84.2 Å². The minimum atomic E-state index is -3.62. The Morgan fingerprint density at radius 1 is 1.07 bits per heavy atom. The van der Waals surface area contributed by atoms with Crippen LogP contribution in [0.25, 0.3) is 16.9 Å². The summed E-state index contributed by atoms with van der Waals surface area (Å²) in [4.78, 5) is 4.60. The van der Waals surface area contributed by atoms with Crippen LogP contribution in [0.5, 0.6) is 5.75 Å². The molecule has 0 atom stereocenters. The molecule has 0 radical (unpaired) electrons. The van der Waals surface area contributed by atoms with Gasteiger partial charge in [0.15, 0.2) is 0 Å². The number of aromatic nitrogens is 2. The van der Waals surface area contributed by atoms with Crippen LogP contribution < -0.4 is 9.46 Å². The standard InChI is InChI=1S/C22H21N3O3S/c1-16-6-5-7-17(12-16)15-29(26,27)24-19-13-18(9-10-21(19)28-2)20-14-25-11-4-3-8-22(25)23-20/h3-14,24H,15H2,1-2H3. The second-order valence-electron chi connectivity index (χ2n) is 6.86. The molecule has 0 fully saturated rings. The van der Waals surface area contributed by atoms with Gasteiger partial charge in [0.2, 0.25) is 10.0 Å². The van der Waals surface area contributed by atoms with E-state index >= 15 is 0 Å². The van der Waals surface area contributed by atoms with Crippen LogP contribution in [0.1, 0.15) is 11.1 Å². The molecule has 29 heavy (non-hydrogen) atoms. The van der Waals surface area contributed by atoms with Crippen molar-refractivity contribution >= 4 is 21.4 Å². The normalized spacial score (nSPS) is 11.5. The van der Waals surface area contributed by atoms with Crippen LogP contribution in [0.4, 0.5) is 5.69 Å². The Hall–Kier alpha value is -3.32. The highest BCUT2D eigenvalue weighted by molar-refractivity contribution is 7.91. The molecule has 1 N–H and O–H groups in total. The Labute approximate surface area is 169 Å². The van der Waals surface area contributed by atoms with Gasteiger partial charge < -0.3 is 9.14 Å². The molecule has 6 nitrogen and oxygen atoms in total. The molecule has 0 aliphatic carbocycles. The number of fused-ring (bicyclic) bond motifs is 1. The van der Waals surface area contributed by atoms with Crippen molar-refractivity contribution in [3.8, 4) is 17.0 Å². The number of sulfonamides is 1. The van der Waals surface area contributed by atoms with Crippen molar-refractivity contribution in [2.24, 2.45) is 0 Å². The van der Waals surface area contributed by atoms with Gasteiger partial charge in [0.25, 0.3) is 0 Å². The van der Waals surface area contributed by atoms with E-state index in [1.165, 1.54) is 7.11 Å². The Morgan fingerprint density at radius 2 is 1.93 bits per heavy atom. The van der Waals surface area contributed by atoms with Crippen LogP contribution in [0, 0.1) is 6.92 Å². The summed E-state index contributed by atoms with van der Waals surface area (Å²) in [7, 11) is -2.10. The van der Waals surface area contributed by atoms with Crippen molar-refractivity contribution in [1.29, 1.82) is 0 Å². The first-order valence-electron chi connectivity index (χ1n) is 9.12. The molecule has 0 aliphatic rings. The molecular formula is C22H21N3O3S. The molecule has 2 heterocycles. The molecule has 2 aromatic carbocycles. The quantitative estimate of drug-likeness (QED) is 0.518. The van der Waals surface area contributed by atoms with E-state index in [-0.39, 0.29) is 5.75 Å². The number of imidazole rings is 1. The van der Waals surface area contributed by atoms with Gasteiger partial charge in [0.05, 0.1) is 24.2 Å². The third-order valence-corrected chi connectivity index (χ3v) is 5.81. The van der Waals surface area contributed by atoms with E-state index in [2.05, 4.69) is 9.71 Å². The van der Waals surface area contributed by atoms with Gasteiger partial charge in [0, 0.05) is 18.0 Å². The lowest BCUT2D eigenvalue weighted by Crippen LogP contribution is -2.15. The summed E-state index contributed by atoms with van der Waals surface area (Å²) in [6, 6.07) is 18.6. The summed E-state index contributed by atoms with van der Waals surface area (Å²) >= 11 is 0. The van der Waals surface area contributed by atoms with E-state index < -0.39 is 10.0 Å². The summed E-state index contributed by atoms with van der Waals surface area (Å²) in [5, 5.41) is 0. The number of hydrogen-bond donors (Lipinski definition) is 1. The minimum absolute atomic E-state index is 0.115. The minimum Gasteiger partial charge on any atom is -0.495 e. The fraction of sp³-hybridized carbons (Fsp3) is 0.136. The molecule has 0 bridgehead atoms. The molecule has 0 saturated carbocycles. The van der Waals surface area contributed by atoms with Crippen molar-refractivity contribution in [1.82, 2.24) is 9.38 Å². The Balaban J connectivity index is 1.66. The first-order chi connectivity index (χ1) is 13.9. The molecule has 0 amide bonds. The number of nitrogens with zero attached hydrogens (tertiary/aromatic N) is 2. The van der Waals surface area contributed by atoms with Gasteiger partial charge in [-0.1, -0.05) is 35.9 Å². The summed E-state index contributed by atoms with van der Waals surface area (Å²) in [6.45, 7) is 1.94. The van der Waals surface area contributed by atoms with Crippen molar-refractivity contribution in [3.63, 3.8) is 0 Å². The largest absolute Gasteiger partial charge is 0.495 e. The van der Waals surface area contributed by atoms with Crippen LogP contribution >= 0.6 is 0 Å². The summed E-state index contributed by atoms with van der Waals surface area (Å²) in [6.07, 6.45) is 3.82. The van der Waals surface area contributed by atoms with E-state index in [0.717, 1.165) is 28.0 Å². The molecule has 0 spiro atoms. The number of ether oxygens (including phenoxy) is 1.